The topological polar surface area (TPSA) is 192 Å². The first kappa shape index (κ1) is 17.0. The van der Waals surface area contributed by atoms with E-state index in [4.69, 9.17) is 14.5 Å². The van der Waals surface area contributed by atoms with Crippen LogP contribution in [0.1, 0.15) is 0 Å². The monoisotopic (exact) mass is 340 g/mol. The van der Waals surface area contributed by atoms with Crippen LogP contribution in [0.15, 0.2) is 0 Å². The van der Waals surface area contributed by atoms with E-state index in [9.17, 15) is 29.2 Å². The molecule has 0 aromatic carbocycles. The van der Waals surface area contributed by atoms with Gasteiger partial charge in [0.1, 0.15) is 30.3 Å². The van der Waals surface area contributed by atoms with Crippen molar-refractivity contribution in [3.05, 3.63) is 0 Å². The van der Waals surface area contributed by atoms with E-state index >= 15 is 0 Å². The molecule has 2 fully saturated rings. The van der Waals surface area contributed by atoms with Crippen LogP contribution in [0.4, 0.5) is 4.79 Å². The van der Waals surface area contributed by atoms with Gasteiger partial charge in [-0.25, -0.2) is 9.36 Å². The van der Waals surface area contributed by atoms with Crippen molar-refractivity contribution in [2.45, 2.75) is 24.4 Å². The highest BCUT2D eigenvalue weighted by molar-refractivity contribution is 7.46. The number of carbonyl (C=O) groups is 3. The van der Waals surface area contributed by atoms with E-state index in [-0.39, 0.29) is 0 Å². The number of urea groups is 1. The van der Waals surface area contributed by atoms with Crippen molar-refractivity contribution < 1.29 is 48.2 Å². The Kier molecular flexibility index (Phi) is 4.63. The van der Waals surface area contributed by atoms with Crippen LogP contribution in [-0.4, -0.2) is 68.9 Å². The molecule has 0 bridgehead atoms. The molecule has 12 nitrogen and oxygen atoms in total. The molecule has 22 heavy (non-hydrogen) atoms. The van der Waals surface area contributed by atoms with Crippen LogP contribution < -0.4 is 10.6 Å². The van der Waals surface area contributed by atoms with Crippen LogP contribution in [0, 0.1) is 5.92 Å². The van der Waals surface area contributed by atoms with E-state index in [1.54, 1.807) is 10.6 Å². The fourth-order valence-corrected chi connectivity index (χ4v) is 2.53. The maximum atomic E-state index is 11.7. The minimum absolute atomic E-state index is 0.770. The van der Waals surface area contributed by atoms with E-state index in [1.807, 2.05) is 0 Å². The second kappa shape index (κ2) is 6.01. The van der Waals surface area contributed by atoms with Gasteiger partial charge in [0.2, 0.25) is 11.8 Å². The fourth-order valence-electron chi connectivity index (χ4n) is 2.19. The van der Waals surface area contributed by atoms with Crippen LogP contribution in [0.25, 0.3) is 0 Å². The van der Waals surface area contributed by atoms with Gasteiger partial charge in [-0.1, -0.05) is 0 Å². The minimum atomic E-state index is -4.82. The van der Waals surface area contributed by atoms with Crippen molar-refractivity contribution >= 4 is 25.7 Å². The summed E-state index contributed by atoms with van der Waals surface area (Å²) in [6.45, 7) is -0.770. The van der Waals surface area contributed by atoms with Crippen LogP contribution in [0.3, 0.4) is 0 Å². The van der Waals surface area contributed by atoms with E-state index in [0.717, 1.165) is 0 Å². The van der Waals surface area contributed by atoms with Gasteiger partial charge in [0.25, 0.3) is 0 Å². The number of rotatable bonds is 4. The van der Waals surface area contributed by atoms with Crippen LogP contribution in [0.2, 0.25) is 0 Å². The highest BCUT2D eigenvalue weighted by Gasteiger charge is 2.52. The molecule has 0 aromatic rings. The molecule has 2 aliphatic rings. The lowest BCUT2D eigenvalue weighted by Crippen LogP contribution is -2.60. The molecule has 2 aliphatic heterocycles. The number of barbiturate groups is 1. The summed E-state index contributed by atoms with van der Waals surface area (Å²) in [7, 11) is -4.82. The largest absolute Gasteiger partial charge is 0.469 e. The number of amides is 4. The first-order valence-corrected chi connectivity index (χ1v) is 7.50. The summed E-state index contributed by atoms with van der Waals surface area (Å²) < 4.78 is 19.9. The molecule has 0 aliphatic carbocycles. The van der Waals surface area contributed by atoms with Crippen molar-refractivity contribution in [3.8, 4) is 0 Å². The Bertz CT molecular complexity index is 527. The molecular weight excluding hydrogens is 327 g/mol. The number of carbonyl (C=O) groups excluding carboxylic acids is 3. The number of imide groups is 2. The normalized spacial score (nSPS) is 33.7. The van der Waals surface area contributed by atoms with Crippen LogP contribution >= 0.6 is 7.82 Å². The van der Waals surface area contributed by atoms with Gasteiger partial charge in [-0.05, 0) is 0 Å². The third-order valence-electron chi connectivity index (χ3n) is 3.17. The van der Waals surface area contributed by atoms with Gasteiger partial charge in [-0.2, -0.15) is 0 Å². The summed E-state index contributed by atoms with van der Waals surface area (Å²) in [5, 5.41) is 23.2. The Balaban J connectivity index is 2.09. The second-order valence-electron chi connectivity index (χ2n) is 4.69. The van der Waals surface area contributed by atoms with Crippen molar-refractivity contribution in [2.75, 3.05) is 6.61 Å². The van der Waals surface area contributed by atoms with Gasteiger partial charge in [0.05, 0.1) is 6.61 Å². The van der Waals surface area contributed by atoms with Gasteiger partial charge in [-0.3, -0.25) is 24.7 Å². The first-order chi connectivity index (χ1) is 10.1. The maximum Gasteiger partial charge on any atom is 0.469 e. The Morgan fingerprint density at radius 1 is 1.09 bits per heavy atom. The Labute approximate surface area is 122 Å². The second-order valence-corrected chi connectivity index (χ2v) is 5.93. The molecule has 0 radical (unpaired) electrons. The molecule has 1 unspecified atom stereocenters. The number of ether oxygens (including phenoxy) is 1. The molecule has 4 amide bonds. The number of hydrogen-bond donors (Lipinski definition) is 6. The van der Waals surface area contributed by atoms with Gasteiger partial charge >= 0.3 is 13.9 Å². The first-order valence-electron chi connectivity index (χ1n) is 5.97. The molecule has 0 spiro atoms. The standard InChI is InChI=1S/C9H13N2O10P/c12-4-2(1-20-22(17,18)19)21-6(5(4)13)3-7(14)10-9(16)11-8(3)15/h2-6,12-13H,1H2,(H2,17,18,19)(H2,10,11,14,15,16)/t2-,4-,5-,6?/m1/s1. The molecular formula is C9H13N2O10P. The summed E-state index contributed by atoms with van der Waals surface area (Å²) in [4.78, 5) is 51.4. The van der Waals surface area contributed by atoms with Crippen molar-refractivity contribution in [3.63, 3.8) is 0 Å². The lowest BCUT2D eigenvalue weighted by molar-refractivity contribution is -0.145. The third-order valence-corrected chi connectivity index (χ3v) is 3.66. The predicted octanol–water partition coefficient (Wildman–Crippen LogP) is -3.43. The lowest BCUT2D eigenvalue weighted by atomic mass is 9.93. The van der Waals surface area contributed by atoms with Gasteiger partial charge < -0.3 is 24.7 Å². The molecule has 2 saturated heterocycles. The van der Waals surface area contributed by atoms with Gasteiger partial charge in [-0.15, -0.1) is 0 Å². The zero-order valence-electron chi connectivity index (χ0n) is 10.8. The number of phosphoric ester groups is 1. The average molecular weight is 340 g/mol. The Morgan fingerprint density at radius 2 is 1.64 bits per heavy atom. The van der Waals surface area contributed by atoms with Gasteiger partial charge in [0.15, 0.2) is 0 Å². The molecule has 13 heteroatoms. The van der Waals surface area contributed by atoms with E-state index in [1.165, 1.54) is 0 Å². The quantitative estimate of drug-likeness (QED) is 0.222. The zero-order chi connectivity index (χ0) is 16.7. The molecule has 2 heterocycles. The number of hydrogen-bond acceptors (Lipinski definition) is 8. The number of phosphoric acid groups is 1. The Morgan fingerprint density at radius 3 is 2.14 bits per heavy atom. The Hall–Kier alpha value is -1.40. The molecule has 0 aromatic heterocycles. The third kappa shape index (κ3) is 3.50. The molecule has 2 rings (SSSR count). The predicted molar refractivity (Wildman–Crippen MR) is 63.8 cm³/mol. The average Bonchev–Trinajstić information content (AvgIpc) is 2.63. The number of nitrogens with one attached hydrogen (secondary N) is 2. The maximum absolute atomic E-state index is 11.7. The zero-order valence-corrected chi connectivity index (χ0v) is 11.7. The molecule has 0 saturated carbocycles. The number of aliphatic hydroxyl groups excluding tert-OH is 2. The fraction of sp³-hybridized carbons (Fsp3) is 0.667. The number of aliphatic hydroxyl groups is 2. The van der Waals surface area contributed by atoms with E-state index < -0.39 is 62.6 Å². The van der Waals surface area contributed by atoms with Gasteiger partial charge in [0, 0.05) is 0 Å². The summed E-state index contributed by atoms with van der Waals surface area (Å²) in [5.74, 6) is -3.66. The van der Waals surface area contributed by atoms with Crippen LogP contribution in [-0.2, 0) is 23.4 Å². The molecule has 6 N–H and O–H groups in total. The van der Waals surface area contributed by atoms with E-state index in [2.05, 4.69) is 4.52 Å². The molecule has 4 atom stereocenters. The summed E-state index contributed by atoms with van der Waals surface area (Å²) >= 11 is 0. The van der Waals surface area contributed by atoms with Crippen LogP contribution in [0.5, 0.6) is 0 Å². The van der Waals surface area contributed by atoms with Crippen molar-refractivity contribution in [2.24, 2.45) is 5.92 Å². The summed E-state index contributed by atoms with van der Waals surface area (Å²) in [6, 6.07) is -1.03. The van der Waals surface area contributed by atoms with E-state index in [0.29, 0.717) is 0 Å². The smallest absolute Gasteiger partial charge is 0.388 e. The SMILES string of the molecule is O=C1NC(=O)C(C2O[C@H](COP(=O)(O)O)[C@@H](O)[C@H]2O)C(=O)N1. The minimum Gasteiger partial charge on any atom is -0.388 e. The van der Waals surface area contributed by atoms with Crippen molar-refractivity contribution in [1.82, 2.24) is 10.6 Å². The summed E-state index contributed by atoms with van der Waals surface area (Å²) in [5.41, 5.74) is 0. The highest BCUT2D eigenvalue weighted by atomic mass is 31.2. The lowest BCUT2D eigenvalue weighted by Gasteiger charge is -2.26. The van der Waals surface area contributed by atoms with Crippen molar-refractivity contribution in [1.29, 1.82) is 0 Å². The molecule has 124 valence electrons. The highest BCUT2D eigenvalue weighted by Crippen LogP contribution is 2.37. The summed E-state index contributed by atoms with van der Waals surface area (Å²) in [6.07, 6.45) is -6.21.